The number of nitrogens with one attached hydrogen (secondary N) is 1. The van der Waals surface area contributed by atoms with E-state index in [1.54, 1.807) is 0 Å². The second-order valence-corrected chi connectivity index (χ2v) is 7.04. The third-order valence-corrected chi connectivity index (χ3v) is 5.10. The fourth-order valence-electron chi connectivity index (χ4n) is 3.83. The fourth-order valence-corrected chi connectivity index (χ4v) is 3.83. The molecular formula is C16H32N2O. The monoisotopic (exact) mass is 268 g/mol. The summed E-state index contributed by atoms with van der Waals surface area (Å²) in [4.78, 5) is 2.70. The summed E-state index contributed by atoms with van der Waals surface area (Å²) in [5, 5.41) is 3.38. The van der Waals surface area contributed by atoms with Crippen LogP contribution in [-0.2, 0) is 4.74 Å². The average Bonchev–Trinajstić information content (AvgIpc) is 2.68. The second kappa shape index (κ2) is 7.05. The van der Waals surface area contributed by atoms with Gasteiger partial charge in [-0.15, -0.1) is 0 Å². The van der Waals surface area contributed by atoms with Gasteiger partial charge in [0.25, 0.3) is 0 Å². The van der Waals surface area contributed by atoms with Gasteiger partial charge in [0.15, 0.2) is 0 Å². The van der Waals surface area contributed by atoms with Gasteiger partial charge in [0, 0.05) is 25.1 Å². The average molecular weight is 268 g/mol. The Morgan fingerprint density at radius 2 is 2.16 bits per heavy atom. The first-order valence-corrected chi connectivity index (χ1v) is 8.10. The minimum Gasteiger partial charge on any atom is -0.381 e. The van der Waals surface area contributed by atoms with Crippen LogP contribution in [0.3, 0.4) is 0 Å². The molecule has 0 aromatic heterocycles. The van der Waals surface area contributed by atoms with Crippen molar-refractivity contribution < 1.29 is 4.74 Å². The standard InChI is InChI=1S/C16H32N2O/c1-14(2)15-5-4-8-18(9-6-15)12-16(11-17-3)7-10-19-13-16/h14-15,17H,4-13H2,1-3H3. The van der Waals surface area contributed by atoms with E-state index in [1.807, 2.05) is 0 Å². The van der Waals surface area contributed by atoms with Gasteiger partial charge >= 0.3 is 0 Å². The molecule has 2 fully saturated rings. The Balaban J connectivity index is 1.87. The van der Waals surface area contributed by atoms with Crippen LogP contribution in [0, 0.1) is 17.3 Å². The van der Waals surface area contributed by atoms with Gasteiger partial charge in [0.05, 0.1) is 6.61 Å². The molecule has 0 aromatic carbocycles. The Bertz CT molecular complexity index is 261. The van der Waals surface area contributed by atoms with E-state index in [9.17, 15) is 0 Å². The summed E-state index contributed by atoms with van der Waals surface area (Å²) < 4.78 is 5.68. The van der Waals surface area contributed by atoms with Gasteiger partial charge in [-0.3, -0.25) is 0 Å². The minimum atomic E-state index is 0.367. The van der Waals surface area contributed by atoms with Crippen molar-refractivity contribution in [1.82, 2.24) is 10.2 Å². The van der Waals surface area contributed by atoms with E-state index in [0.29, 0.717) is 5.41 Å². The summed E-state index contributed by atoms with van der Waals surface area (Å²) in [6.07, 6.45) is 5.40. The van der Waals surface area contributed by atoms with Gasteiger partial charge in [0.2, 0.25) is 0 Å². The van der Waals surface area contributed by atoms with E-state index in [0.717, 1.165) is 31.6 Å². The molecule has 2 heterocycles. The summed E-state index contributed by atoms with van der Waals surface area (Å²) in [5.41, 5.74) is 0.367. The summed E-state index contributed by atoms with van der Waals surface area (Å²) in [5.74, 6) is 1.78. The fraction of sp³-hybridized carbons (Fsp3) is 1.00. The summed E-state index contributed by atoms with van der Waals surface area (Å²) in [7, 11) is 2.07. The van der Waals surface area contributed by atoms with Gasteiger partial charge in [-0.05, 0) is 57.7 Å². The van der Waals surface area contributed by atoms with Crippen LogP contribution in [0.15, 0.2) is 0 Å². The molecule has 0 spiro atoms. The maximum atomic E-state index is 5.68. The normalized spacial score (nSPS) is 33.8. The first-order valence-electron chi connectivity index (χ1n) is 8.10. The Hall–Kier alpha value is -0.120. The molecule has 3 heteroatoms. The van der Waals surface area contributed by atoms with Crippen molar-refractivity contribution in [3.8, 4) is 0 Å². The number of nitrogens with zero attached hydrogens (tertiary/aromatic N) is 1. The van der Waals surface area contributed by atoms with Crippen LogP contribution < -0.4 is 5.32 Å². The van der Waals surface area contributed by atoms with E-state index in [1.165, 1.54) is 45.3 Å². The molecule has 0 amide bonds. The Morgan fingerprint density at radius 1 is 1.32 bits per heavy atom. The predicted octanol–water partition coefficient (Wildman–Crippen LogP) is 2.37. The molecule has 2 unspecified atom stereocenters. The SMILES string of the molecule is CNCC1(CN2CCCC(C(C)C)CC2)CCOC1. The van der Waals surface area contributed by atoms with Gasteiger partial charge in [-0.25, -0.2) is 0 Å². The number of likely N-dealkylation sites (tertiary alicyclic amines) is 1. The molecule has 0 saturated carbocycles. The summed E-state index contributed by atoms with van der Waals surface area (Å²) >= 11 is 0. The highest BCUT2D eigenvalue weighted by molar-refractivity contribution is 4.89. The smallest absolute Gasteiger partial charge is 0.0547 e. The summed E-state index contributed by atoms with van der Waals surface area (Å²) in [6, 6.07) is 0. The second-order valence-electron chi connectivity index (χ2n) is 7.04. The zero-order valence-corrected chi connectivity index (χ0v) is 13.1. The van der Waals surface area contributed by atoms with Gasteiger partial charge in [-0.1, -0.05) is 13.8 Å². The molecule has 0 radical (unpaired) electrons. The lowest BCUT2D eigenvalue weighted by Crippen LogP contribution is -2.44. The molecule has 2 rings (SSSR count). The molecule has 112 valence electrons. The minimum absolute atomic E-state index is 0.367. The third-order valence-electron chi connectivity index (χ3n) is 5.10. The number of hydrogen-bond acceptors (Lipinski definition) is 3. The van der Waals surface area contributed by atoms with Crippen LogP contribution in [0.25, 0.3) is 0 Å². The molecule has 2 aliphatic heterocycles. The van der Waals surface area contributed by atoms with Crippen molar-refractivity contribution >= 4 is 0 Å². The first kappa shape index (κ1) is 15.3. The molecular weight excluding hydrogens is 236 g/mol. The van der Waals surface area contributed by atoms with Crippen molar-refractivity contribution in [1.29, 1.82) is 0 Å². The number of ether oxygens (including phenoxy) is 1. The van der Waals surface area contributed by atoms with Crippen molar-refractivity contribution in [2.45, 2.75) is 39.5 Å². The zero-order valence-electron chi connectivity index (χ0n) is 13.1. The van der Waals surface area contributed by atoms with Gasteiger partial charge < -0.3 is 15.0 Å². The van der Waals surface area contributed by atoms with Crippen LogP contribution in [0.4, 0.5) is 0 Å². The van der Waals surface area contributed by atoms with Crippen LogP contribution in [0.1, 0.15) is 39.5 Å². The molecule has 2 aliphatic rings. The van der Waals surface area contributed by atoms with Crippen molar-refractivity contribution in [3.63, 3.8) is 0 Å². The van der Waals surface area contributed by atoms with Crippen LogP contribution in [-0.4, -0.2) is 51.3 Å². The largest absolute Gasteiger partial charge is 0.381 e. The number of hydrogen-bond donors (Lipinski definition) is 1. The maximum absolute atomic E-state index is 5.68. The summed E-state index contributed by atoms with van der Waals surface area (Å²) in [6.45, 7) is 11.5. The molecule has 2 atom stereocenters. The Labute approximate surface area is 119 Å². The molecule has 0 aromatic rings. The first-order chi connectivity index (χ1) is 9.15. The van der Waals surface area contributed by atoms with Gasteiger partial charge in [-0.2, -0.15) is 0 Å². The number of rotatable bonds is 5. The zero-order chi connectivity index (χ0) is 13.7. The van der Waals surface area contributed by atoms with Crippen molar-refractivity contribution in [2.75, 3.05) is 46.4 Å². The maximum Gasteiger partial charge on any atom is 0.0547 e. The van der Waals surface area contributed by atoms with Gasteiger partial charge in [0.1, 0.15) is 0 Å². The van der Waals surface area contributed by atoms with Crippen LogP contribution >= 0.6 is 0 Å². The highest BCUT2D eigenvalue weighted by Gasteiger charge is 2.36. The Morgan fingerprint density at radius 3 is 2.79 bits per heavy atom. The lowest BCUT2D eigenvalue weighted by atomic mass is 9.86. The highest BCUT2D eigenvalue weighted by Crippen LogP contribution is 2.31. The predicted molar refractivity (Wildman–Crippen MR) is 80.4 cm³/mol. The quantitative estimate of drug-likeness (QED) is 0.828. The molecule has 3 nitrogen and oxygen atoms in total. The lowest BCUT2D eigenvalue weighted by Gasteiger charge is -2.33. The van der Waals surface area contributed by atoms with E-state index < -0.39 is 0 Å². The highest BCUT2D eigenvalue weighted by atomic mass is 16.5. The van der Waals surface area contributed by atoms with E-state index in [-0.39, 0.29) is 0 Å². The Kier molecular flexibility index (Phi) is 5.67. The molecule has 1 N–H and O–H groups in total. The molecule has 19 heavy (non-hydrogen) atoms. The molecule has 0 aliphatic carbocycles. The third kappa shape index (κ3) is 4.17. The van der Waals surface area contributed by atoms with E-state index in [2.05, 4.69) is 31.1 Å². The van der Waals surface area contributed by atoms with E-state index >= 15 is 0 Å². The molecule has 2 saturated heterocycles. The van der Waals surface area contributed by atoms with Crippen LogP contribution in [0.5, 0.6) is 0 Å². The van der Waals surface area contributed by atoms with E-state index in [4.69, 9.17) is 4.74 Å². The van der Waals surface area contributed by atoms with Crippen molar-refractivity contribution in [2.24, 2.45) is 17.3 Å². The molecule has 0 bridgehead atoms. The topological polar surface area (TPSA) is 24.5 Å². The van der Waals surface area contributed by atoms with Crippen LogP contribution in [0.2, 0.25) is 0 Å². The lowest BCUT2D eigenvalue weighted by molar-refractivity contribution is 0.110. The van der Waals surface area contributed by atoms with Crippen molar-refractivity contribution in [3.05, 3.63) is 0 Å².